The first-order chi connectivity index (χ1) is 7.63. The molecule has 0 aliphatic rings. The standard InChI is InChI=1S/C10H15N3O3/c1-3-16-10(15)9(14)12-8(2)6-13-5-4-11-7-13/h4-5,7-8H,3,6H2,1-2H3,(H,12,14). The van der Waals surface area contributed by atoms with Crippen LogP contribution in [0.25, 0.3) is 0 Å². The average Bonchev–Trinajstić information content (AvgIpc) is 2.70. The van der Waals surface area contributed by atoms with E-state index in [0.29, 0.717) is 6.54 Å². The van der Waals surface area contributed by atoms with Gasteiger partial charge in [0.25, 0.3) is 0 Å². The third-order valence-electron chi connectivity index (χ3n) is 1.88. The molecule has 0 bridgehead atoms. The van der Waals surface area contributed by atoms with Gasteiger partial charge >= 0.3 is 11.9 Å². The summed E-state index contributed by atoms with van der Waals surface area (Å²) in [5.74, 6) is -1.56. The van der Waals surface area contributed by atoms with Crippen LogP contribution in [0.15, 0.2) is 18.7 Å². The van der Waals surface area contributed by atoms with E-state index in [1.165, 1.54) is 0 Å². The van der Waals surface area contributed by atoms with Crippen molar-refractivity contribution in [1.29, 1.82) is 0 Å². The van der Waals surface area contributed by atoms with Crippen molar-refractivity contribution < 1.29 is 14.3 Å². The second kappa shape index (κ2) is 5.89. The zero-order valence-corrected chi connectivity index (χ0v) is 9.34. The fourth-order valence-corrected chi connectivity index (χ4v) is 1.24. The number of hydrogen-bond donors (Lipinski definition) is 1. The first kappa shape index (κ1) is 12.2. The highest BCUT2D eigenvalue weighted by Crippen LogP contribution is 1.92. The fraction of sp³-hybridized carbons (Fsp3) is 0.500. The predicted molar refractivity (Wildman–Crippen MR) is 56.5 cm³/mol. The van der Waals surface area contributed by atoms with Gasteiger partial charge in [0.1, 0.15) is 0 Å². The molecule has 88 valence electrons. The Bertz CT molecular complexity index is 348. The molecule has 0 saturated carbocycles. The summed E-state index contributed by atoms with van der Waals surface area (Å²) in [6, 6.07) is -0.161. The van der Waals surface area contributed by atoms with E-state index in [-0.39, 0.29) is 12.6 Å². The molecule has 0 radical (unpaired) electrons. The zero-order valence-electron chi connectivity index (χ0n) is 9.34. The molecule has 0 aromatic carbocycles. The summed E-state index contributed by atoms with van der Waals surface area (Å²) in [4.78, 5) is 26.2. The molecule has 0 saturated heterocycles. The predicted octanol–water partition coefficient (Wildman–Crippen LogP) is -0.0491. The fourth-order valence-electron chi connectivity index (χ4n) is 1.24. The van der Waals surface area contributed by atoms with Crippen molar-refractivity contribution in [1.82, 2.24) is 14.9 Å². The molecule has 6 nitrogen and oxygen atoms in total. The Morgan fingerprint density at radius 1 is 1.56 bits per heavy atom. The maximum Gasteiger partial charge on any atom is 0.396 e. The van der Waals surface area contributed by atoms with Gasteiger partial charge in [-0.05, 0) is 13.8 Å². The number of amides is 1. The summed E-state index contributed by atoms with van der Waals surface area (Å²) < 4.78 is 6.39. The number of ether oxygens (including phenoxy) is 1. The highest BCUT2D eigenvalue weighted by Gasteiger charge is 2.16. The van der Waals surface area contributed by atoms with Gasteiger partial charge in [-0.2, -0.15) is 0 Å². The average molecular weight is 225 g/mol. The highest BCUT2D eigenvalue weighted by atomic mass is 16.5. The minimum absolute atomic E-state index is 0.161. The highest BCUT2D eigenvalue weighted by molar-refractivity contribution is 6.32. The number of esters is 1. The van der Waals surface area contributed by atoms with Gasteiger partial charge in [-0.1, -0.05) is 0 Å². The van der Waals surface area contributed by atoms with Gasteiger partial charge in [-0.3, -0.25) is 4.79 Å². The topological polar surface area (TPSA) is 73.2 Å². The van der Waals surface area contributed by atoms with E-state index >= 15 is 0 Å². The first-order valence-electron chi connectivity index (χ1n) is 5.06. The molecule has 1 N–H and O–H groups in total. The quantitative estimate of drug-likeness (QED) is 0.576. The van der Waals surface area contributed by atoms with Crippen LogP contribution in [-0.2, 0) is 20.9 Å². The number of imidazole rings is 1. The normalized spacial score (nSPS) is 11.9. The number of carbonyl (C=O) groups is 2. The lowest BCUT2D eigenvalue weighted by Crippen LogP contribution is -2.40. The third-order valence-corrected chi connectivity index (χ3v) is 1.88. The summed E-state index contributed by atoms with van der Waals surface area (Å²) in [6.07, 6.45) is 5.08. The summed E-state index contributed by atoms with van der Waals surface area (Å²) in [6.45, 7) is 4.21. The van der Waals surface area contributed by atoms with Crippen LogP contribution in [0.2, 0.25) is 0 Å². The van der Waals surface area contributed by atoms with E-state index in [1.54, 1.807) is 32.6 Å². The third kappa shape index (κ3) is 3.72. The molecule has 1 aromatic heterocycles. The number of nitrogens with zero attached hydrogens (tertiary/aromatic N) is 2. The number of nitrogens with one attached hydrogen (secondary N) is 1. The number of hydrogen-bond acceptors (Lipinski definition) is 4. The summed E-state index contributed by atoms with van der Waals surface area (Å²) in [5.41, 5.74) is 0. The van der Waals surface area contributed by atoms with Gasteiger partial charge in [-0.25, -0.2) is 9.78 Å². The van der Waals surface area contributed by atoms with Gasteiger partial charge in [0, 0.05) is 25.0 Å². The Labute approximate surface area is 93.6 Å². The lowest BCUT2D eigenvalue weighted by atomic mass is 10.3. The molecule has 0 fully saturated rings. The molecule has 16 heavy (non-hydrogen) atoms. The molecule has 1 rings (SSSR count). The van der Waals surface area contributed by atoms with Gasteiger partial charge in [0.05, 0.1) is 12.9 Å². The monoisotopic (exact) mass is 225 g/mol. The van der Waals surface area contributed by atoms with E-state index in [4.69, 9.17) is 0 Å². The minimum atomic E-state index is -0.847. The van der Waals surface area contributed by atoms with E-state index in [0.717, 1.165) is 0 Å². The number of carbonyl (C=O) groups excluding carboxylic acids is 2. The van der Waals surface area contributed by atoms with Crippen molar-refractivity contribution in [2.24, 2.45) is 0 Å². The zero-order chi connectivity index (χ0) is 12.0. The largest absolute Gasteiger partial charge is 0.459 e. The lowest BCUT2D eigenvalue weighted by molar-refractivity contribution is -0.154. The van der Waals surface area contributed by atoms with Crippen molar-refractivity contribution in [2.45, 2.75) is 26.4 Å². The van der Waals surface area contributed by atoms with Gasteiger partial charge < -0.3 is 14.6 Å². The second-order valence-corrected chi connectivity index (χ2v) is 3.35. The molecular weight excluding hydrogens is 210 g/mol. The van der Waals surface area contributed by atoms with Crippen molar-refractivity contribution >= 4 is 11.9 Å². The lowest BCUT2D eigenvalue weighted by Gasteiger charge is -2.13. The summed E-state index contributed by atoms with van der Waals surface area (Å²) >= 11 is 0. The van der Waals surface area contributed by atoms with Gasteiger partial charge in [0.2, 0.25) is 0 Å². The van der Waals surface area contributed by atoms with Crippen LogP contribution in [0.1, 0.15) is 13.8 Å². The SMILES string of the molecule is CCOC(=O)C(=O)NC(C)Cn1ccnc1. The van der Waals surface area contributed by atoms with Crippen LogP contribution >= 0.6 is 0 Å². The van der Waals surface area contributed by atoms with E-state index in [2.05, 4.69) is 15.0 Å². The molecule has 0 aliphatic carbocycles. The van der Waals surface area contributed by atoms with E-state index in [9.17, 15) is 9.59 Å². The molecular formula is C10H15N3O3. The molecule has 1 amide bonds. The van der Waals surface area contributed by atoms with Crippen LogP contribution in [0, 0.1) is 0 Å². The van der Waals surface area contributed by atoms with Crippen molar-refractivity contribution in [2.75, 3.05) is 6.61 Å². The molecule has 1 heterocycles. The smallest absolute Gasteiger partial charge is 0.396 e. The number of aromatic nitrogens is 2. The number of rotatable bonds is 4. The Kier molecular flexibility index (Phi) is 4.50. The Balaban J connectivity index is 2.36. The van der Waals surface area contributed by atoms with Crippen LogP contribution < -0.4 is 5.32 Å². The molecule has 0 aliphatic heterocycles. The molecule has 6 heteroatoms. The van der Waals surface area contributed by atoms with Crippen LogP contribution in [0.4, 0.5) is 0 Å². The Morgan fingerprint density at radius 2 is 2.31 bits per heavy atom. The van der Waals surface area contributed by atoms with Crippen LogP contribution in [0.5, 0.6) is 0 Å². The van der Waals surface area contributed by atoms with Crippen molar-refractivity contribution in [3.05, 3.63) is 18.7 Å². The summed E-state index contributed by atoms with van der Waals surface area (Å²) in [5, 5.41) is 2.54. The maximum atomic E-state index is 11.3. The molecule has 1 atom stereocenters. The van der Waals surface area contributed by atoms with Crippen molar-refractivity contribution in [3.63, 3.8) is 0 Å². The molecule has 1 aromatic rings. The molecule has 1 unspecified atom stereocenters. The van der Waals surface area contributed by atoms with Gasteiger partial charge in [-0.15, -0.1) is 0 Å². The first-order valence-corrected chi connectivity index (χ1v) is 5.06. The van der Waals surface area contributed by atoms with Crippen LogP contribution in [-0.4, -0.2) is 34.1 Å². The van der Waals surface area contributed by atoms with E-state index in [1.807, 2.05) is 4.57 Å². The summed E-state index contributed by atoms with van der Waals surface area (Å²) in [7, 11) is 0. The van der Waals surface area contributed by atoms with E-state index < -0.39 is 11.9 Å². The van der Waals surface area contributed by atoms with Crippen LogP contribution in [0.3, 0.4) is 0 Å². The van der Waals surface area contributed by atoms with Crippen molar-refractivity contribution in [3.8, 4) is 0 Å². The Morgan fingerprint density at radius 3 is 2.88 bits per heavy atom. The Hall–Kier alpha value is -1.85. The maximum absolute atomic E-state index is 11.3. The minimum Gasteiger partial charge on any atom is -0.459 e. The second-order valence-electron chi connectivity index (χ2n) is 3.35. The van der Waals surface area contributed by atoms with Gasteiger partial charge in [0.15, 0.2) is 0 Å². The molecule has 0 spiro atoms.